The van der Waals surface area contributed by atoms with Crippen LogP contribution in [0.2, 0.25) is 17.1 Å². The van der Waals surface area contributed by atoms with Crippen LogP contribution >= 0.6 is 0 Å². The minimum Gasteiger partial charge on any atom is -0.313 e. The molecule has 0 aromatic rings. The summed E-state index contributed by atoms with van der Waals surface area (Å²) in [5.41, 5.74) is 0. The van der Waals surface area contributed by atoms with E-state index in [1.54, 1.807) is 12.2 Å². The van der Waals surface area contributed by atoms with Crippen LogP contribution < -0.4 is 0 Å². The summed E-state index contributed by atoms with van der Waals surface area (Å²) < 4.78 is 14.3. The summed E-state index contributed by atoms with van der Waals surface area (Å²) in [5.74, 6) is 0. The predicted molar refractivity (Wildman–Crippen MR) is 56.6 cm³/mol. The molecule has 0 atom stereocenters. The van der Waals surface area contributed by atoms with E-state index in [0.717, 1.165) is 0 Å². The topological polar surface area (TPSA) is 0 Å². The zero-order chi connectivity index (χ0) is 9.83. The first-order chi connectivity index (χ1) is 5.37. The van der Waals surface area contributed by atoms with E-state index in [0.29, 0.717) is 12.1 Å². The summed E-state index contributed by atoms with van der Waals surface area (Å²) in [5, 5.41) is -0.213. The summed E-state index contributed by atoms with van der Waals surface area (Å²) in [4.78, 5) is 0. The quantitative estimate of drug-likeness (QED) is 0.353. The summed E-state index contributed by atoms with van der Waals surface area (Å²) in [6.07, 6.45) is 3.39. The second kappa shape index (κ2) is 4.03. The van der Waals surface area contributed by atoms with Gasteiger partial charge >= 0.3 is 0 Å². The van der Waals surface area contributed by atoms with Gasteiger partial charge in [-0.05, 0) is 17.1 Å². The Kier molecular flexibility index (Phi) is 3.91. The van der Waals surface area contributed by atoms with Crippen molar-refractivity contribution in [1.29, 1.82) is 0 Å². The summed E-state index contributed by atoms with van der Waals surface area (Å²) in [6.45, 7) is 13.1. The van der Waals surface area contributed by atoms with Crippen LogP contribution in [-0.2, 0) is 0 Å². The van der Waals surface area contributed by atoms with E-state index in [1.807, 2.05) is 20.8 Å². The molecular formula is C10H19FSi. The number of halogens is 1. The van der Waals surface area contributed by atoms with Gasteiger partial charge in [0.25, 0.3) is 8.41 Å². The van der Waals surface area contributed by atoms with Gasteiger partial charge in [-0.2, -0.15) is 0 Å². The molecule has 0 aromatic carbocycles. The van der Waals surface area contributed by atoms with Crippen LogP contribution in [0.25, 0.3) is 0 Å². The molecule has 0 amide bonds. The third-order valence-electron chi connectivity index (χ3n) is 2.28. The molecule has 0 N–H and O–H groups in total. The molecule has 0 heterocycles. The Balaban J connectivity index is 4.59. The van der Waals surface area contributed by atoms with E-state index in [-0.39, 0.29) is 5.04 Å². The molecule has 0 nitrogen and oxygen atoms in total. The van der Waals surface area contributed by atoms with Crippen molar-refractivity contribution in [3.63, 3.8) is 0 Å². The van der Waals surface area contributed by atoms with Crippen molar-refractivity contribution in [3.8, 4) is 0 Å². The van der Waals surface area contributed by atoms with E-state index in [4.69, 9.17) is 0 Å². The van der Waals surface area contributed by atoms with E-state index >= 15 is 0 Å². The lowest BCUT2D eigenvalue weighted by Gasteiger charge is -2.33. The molecule has 0 fully saturated rings. The highest BCUT2D eigenvalue weighted by molar-refractivity contribution is 6.76. The molecule has 0 bridgehead atoms. The van der Waals surface area contributed by atoms with Crippen LogP contribution in [0.4, 0.5) is 4.11 Å². The van der Waals surface area contributed by atoms with Gasteiger partial charge in [-0.1, -0.05) is 32.9 Å². The fourth-order valence-corrected chi connectivity index (χ4v) is 3.46. The molecule has 0 aromatic heterocycles. The maximum absolute atomic E-state index is 14.3. The molecule has 0 aliphatic rings. The molecule has 0 saturated carbocycles. The van der Waals surface area contributed by atoms with Gasteiger partial charge in [0.1, 0.15) is 0 Å². The van der Waals surface area contributed by atoms with Crippen molar-refractivity contribution in [2.45, 2.75) is 37.9 Å². The highest BCUT2D eigenvalue weighted by atomic mass is 28.4. The second-order valence-corrected chi connectivity index (χ2v) is 8.45. The zero-order valence-electron chi connectivity index (χ0n) is 8.36. The Morgan fingerprint density at radius 3 is 1.67 bits per heavy atom. The molecule has 0 unspecified atom stereocenters. The SMILES string of the molecule is C=CC[Si](F)(CC=C)C(C)(C)C. The van der Waals surface area contributed by atoms with E-state index < -0.39 is 8.41 Å². The lowest BCUT2D eigenvalue weighted by molar-refractivity contribution is 0.608. The fourth-order valence-electron chi connectivity index (χ4n) is 1.15. The highest BCUT2D eigenvalue weighted by Gasteiger charge is 2.43. The van der Waals surface area contributed by atoms with Gasteiger partial charge < -0.3 is 4.11 Å². The van der Waals surface area contributed by atoms with E-state index in [2.05, 4.69) is 13.2 Å². The lowest BCUT2D eigenvalue weighted by atomic mass is 10.2. The number of allylic oxidation sites excluding steroid dienone is 2. The molecule has 0 saturated heterocycles. The van der Waals surface area contributed by atoms with Gasteiger partial charge in [0.15, 0.2) is 0 Å². The third kappa shape index (κ3) is 2.59. The lowest BCUT2D eigenvalue weighted by Crippen LogP contribution is -2.38. The normalized spacial score (nSPS) is 12.7. The maximum Gasteiger partial charge on any atom is 0.259 e. The van der Waals surface area contributed by atoms with Crippen molar-refractivity contribution in [2.24, 2.45) is 0 Å². The Labute approximate surface area is 76.4 Å². The maximum atomic E-state index is 14.3. The van der Waals surface area contributed by atoms with Gasteiger partial charge in [-0.15, -0.1) is 13.2 Å². The first-order valence-electron chi connectivity index (χ1n) is 4.28. The monoisotopic (exact) mass is 186 g/mol. The van der Waals surface area contributed by atoms with Crippen LogP contribution in [0.5, 0.6) is 0 Å². The molecule has 0 rings (SSSR count). The smallest absolute Gasteiger partial charge is 0.259 e. The highest BCUT2D eigenvalue weighted by Crippen LogP contribution is 2.42. The van der Waals surface area contributed by atoms with Crippen LogP contribution in [-0.4, -0.2) is 8.41 Å². The Morgan fingerprint density at radius 2 is 1.50 bits per heavy atom. The summed E-state index contributed by atoms with van der Waals surface area (Å²) in [7, 11) is -2.69. The number of hydrogen-bond acceptors (Lipinski definition) is 0. The molecule has 0 spiro atoms. The van der Waals surface area contributed by atoms with Crippen LogP contribution in [0.1, 0.15) is 20.8 Å². The van der Waals surface area contributed by atoms with Crippen LogP contribution in [0.3, 0.4) is 0 Å². The fraction of sp³-hybridized carbons (Fsp3) is 0.600. The van der Waals surface area contributed by atoms with Gasteiger partial charge in [-0.3, -0.25) is 0 Å². The molecule has 0 aliphatic carbocycles. The minimum absolute atomic E-state index is 0.213. The second-order valence-electron chi connectivity index (χ2n) is 4.20. The average molecular weight is 186 g/mol. The molecule has 70 valence electrons. The Morgan fingerprint density at radius 1 is 1.17 bits per heavy atom. The molecule has 0 radical (unpaired) electrons. The molecule has 2 heteroatoms. The zero-order valence-corrected chi connectivity index (χ0v) is 9.36. The predicted octanol–water partition coefficient (Wildman–Crippen LogP) is 4.07. The van der Waals surface area contributed by atoms with E-state index in [9.17, 15) is 4.11 Å². The Bertz CT molecular complexity index is 157. The number of hydrogen-bond donors (Lipinski definition) is 0. The van der Waals surface area contributed by atoms with Gasteiger partial charge in [-0.25, -0.2) is 0 Å². The van der Waals surface area contributed by atoms with Crippen molar-refractivity contribution >= 4 is 8.41 Å². The van der Waals surface area contributed by atoms with E-state index in [1.165, 1.54) is 0 Å². The Hall–Kier alpha value is -0.373. The first-order valence-corrected chi connectivity index (χ1v) is 6.57. The van der Waals surface area contributed by atoms with Crippen molar-refractivity contribution in [2.75, 3.05) is 0 Å². The minimum atomic E-state index is -2.69. The summed E-state index contributed by atoms with van der Waals surface area (Å²) >= 11 is 0. The molecule has 0 aliphatic heterocycles. The van der Waals surface area contributed by atoms with Crippen LogP contribution in [0.15, 0.2) is 25.3 Å². The van der Waals surface area contributed by atoms with Gasteiger partial charge in [0.05, 0.1) is 0 Å². The van der Waals surface area contributed by atoms with Crippen molar-refractivity contribution in [1.82, 2.24) is 0 Å². The molecular weight excluding hydrogens is 167 g/mol. The molecule has 12 heavy (non-hydrogen) atoms. The van der Waals surface area contributed by atoms with Crippen molar-refractivity contribution < 1.29 is 4.11 Å². The average Bonchev–Trinajstić information content (AvgIpc) is 1.86. The van der Waals surface area contributed by atoms with Gasteiger partial charge in [0.2, 0.25) is 0 Å². The largest absolute Gasteiger partial charge is 0.313 e. The summed E-state index contributed by atoms with van der Waals surface area (Å²) in [6, 6.07) is 1.06. The van der Waals surface area contributed by atoms with Crippen LogP contribution in [0, 0.1) is 0 Å². The first kappa shape index (κ1) is 11.6. The number of rotatable bonds is 4. The third-order valence-corrected chi connectivity index (χ3v) is 6.84. The standard InChI is InChI=1S/C10H19FSi/c1-6-8-12(11,9-7-2)10(3,4)5/h6-7H,1-2,8-9H2,3-5H3. The van der Waals surface area contributed by atoms with Gasteiger partial charge in [0, 0.05) is 0 Å². The van der Waals surface area contributed by atoms with Crippen molar-refractivity contribution in [3.05, 3.63) is 25.3 Å².